The molecular formula is C34H45N7O4S. The number of rotatable bonds is 7. The zero-order valence-electron chi connectivity index (χ0n) is 28.1. The first kappa shape index (κ1) is 33.3. The van der Waals surface area contributed by atoms with Crippen molar-refractivity contribution >= 4 is 35.3 Å². The average Bonchev–Trinajstić information content (AvgIpc) is 3.65. The number of thioether (sulfide) groups is 1. The summed E-state index contributed by atoms with van der Waals surface area (Å²) >= 11 is 1.60. The van der Waals surface area contributed by atoms with E-state index in [-0.39, 0.29) is 23.8 Å². The first-order chi connectivity index (χ1) is 21.7. The Bertz CT molecular complexity index is 1670. The van der Waals surface area contributed by atoms with Gasteiger partial charge in [0.05, 0.1) is 29.8 Å². The Morgan fingerprint density at radius 2 is 1.80 bits per heavy atom. The molecule has 4 aromatic rings. The molecule has 5 rings (SSSR count). The summed E-state index contributed by atoms with van der Waals surface area (Å²) in [5, 5.41) is 10.3. The van der Waals surface area contributed by atoms with Crippen LogP contribution in [0.2, 0.25) is 0 Å². The van der Waals surface area contributed by atoms with E-state index in [2.05, 4.69) is 18.9 Å². The molecular weight excluding hydrogens is 602 g/mol. The van der Waals surface area contributed by atoms with Crippen molar-refractivity contribution in [1.29, 1.82) is 0 Å². The van der Waals surface area contributed by atoms with Crippen LogP contribution in [0.1, 0.15) is 85.4 Å². The second-order valence-corrected chi connectivity index (χ2v) is 15.2. The highest BCUT2D eigenvalue weighted by molar-refractivity contribution is 7.99. The second kappa shape index (κ2) is 13.4. The molecule has 246 valence electrons. The van der Waals surface area contributed by atoms with Gasteiger partial charge in [-0.3, -0.25) is 4.90 Å². The number of para-hydroxylation sites is 1. The average molecular weight is 648 g/mol. The molecule has 0 N–H and O–H groups in total. The number of nitrogens with zero attached hydrogens (tertiary/aromatic N) is 7. The number of benzene rings is 1. The fourth-order valence-electron chi connectivity index (χ4n) is 5.31. The molecule has 1 aliphatic heterocycles. The maximum Gasteiger partial charge on any atom is 0.415 e. The molecule has 1 saturated heterocycles. The summed E-state index contributed by atoms with van der Waals surface area (Å²) in [4.78, 5) is 35.1. The molecule has 0 radical (unpaired) electrons. The van der Waals surface area contributed by atoms with Crippen LogP contribution in [0.25, 0.3) is 11.3 Å². The van der Waals surface area contributed by atoms with Crippen molar-refractivity contribution in [2.75, 3.05) is 18.0 Å². The van der Waals surface area contributed by atoms with E-state index in [1.165, 1.54) is 0 Å². The van der Waals surface area contributed by atoms with Gasteiger partial charge in [-0.2, -0.15) is 10.2 Å². The number of amides is 2. The summed E-state index contributed by atoms with van der Waals surface area (Å²) in [5.41, 5.74) is 2.55. The van der Waals surface area contributed by atoms with Gasteiger partial charge in [0.15, 0.2) is 5.65 Å². The van der Waals surface area contributed by atoms with E-state index in [0.29, 0.717) is 24.4 Å². The van der Waals surface area contributed by atoms with Crippen molar-refractivity contribution in [2.24, 2.45) is 0 Å². The highest BCUT2D eigenvalue weighted by atomic mass is 32.2. The number of likely N-dealkylation sites (tertiary alicyclic amines) is 1. The molecule has 1 fully saturated rings. The fraction of sp³-hybridized carbons (Fsp3) is 0.500. The van der Waals surface area contributed by atoms with Crippen LogP contribution in [0.4, 0.5) is 15.3 Å². The Morgan fingerprint density at radius 1 is 1.07 bits per heavy atom. The minimum atomic E-state index is -0.719. The van der Waals surface area contributed by atoms with Crippen LogP contribution in [0, 0.1) is 0 Å². The Labute approximate surface area is 275 Å². The van der Waals surface area contributed by atoms with Crippen molar-refractivity contribution in [2.45, 2.75) is 102 Å². The number of aromatic nitrogens is 5. The number of carbonyl (C=O) groups excluding carboxylic acids is 2. The lowest BCUT2D eigenvalue weighted by molar-refractivity contribution is 0.0220. The van der Waals surface area contributed by atoms with E-state index in [1.54, 1.807) is 32.4 Å². The minimum absolute atomic E-state index is 0.0978. The van der Waals surface area contributed by atoms with E-state index in [9.17, 15) is 9.59 Å². The summed E-state index contributed by atoms with van der Waals surface area (Å²) in [6, 6.07) is 11.7. The quantitative estimate of drug-likeness (QED) is 0.203. The summed E-state index contributed by atoms with van der Waals surface area (Å²) in [5.74, 6) is 0.142. The van der Waals surface area contributed by atoms with Crippen molar-refractivity contribution in [3.8, 4) is 5.69 Å². The largest absolute Gasteiger partial charge is 0.444 e. The molecule has 4 heterocycles. The molecule has 2 amide bonds. The SMILES string of the molecule is CC(C)c1cnc2c(N(Cc3ccccc3-n3cccn3)C(=O)OC(C)(C)C)cc(SC3CCCN(C(=O)OC(C)(C)C)C3)nn12. The fourth-order valence-corrected chi connectivity index (χ4v) is 6.50. The number of fused-ring (bicyclic) bond motifs is 1. The number of hydrogen-bond donors (Lipinski definition) is 0. The van der Waals surface area contributed by atoms with Gasteiger partial charge in [0.25, 0.3) is 0 Å². The predicted octanol–water partition coefficient (Wildman–Crippen LogP) is 7.47. The van der Waals surface area contributed by atoms with Gasteiger partial charge in [0.1, 0.15) is 16.2 Å². The lowest BCUT2D eigenvalue weighted by Crippen LogP contribution is -2.43. The van der Waals surface area contributed by atoms with Gasteiger partial charge in [-0.1, -0.05) is 43.8 Å². The summed E-state index contributed by atoms with van der Waals surface area (Å²) in [7, 11) is 0. The van der Waals surface area contributed by atoms with Crippen LogP contribution < -0.4 is 4.90 Å². The minimum Gasteiger partial charge on any atom is -0.444 e. The van der Waals surface area contributed by atoms with Crippen LogP contribution in [-0.2, 0) is 16.0 Å². The van der Waals surface area contributed by atoms with Crippen LogP contribution in [0.3, 0.4) is 0 Å². The van der Waals surface area contributed by atoms with Gasteiger partial charge >= 0.3 is 12.2 Å². The molecule has 11 nitrogen and oxygen atoms in total. The molecule has 1 aliphatic rings. The maximum atomic E-state index is 14.0. The predicted molar refractivity (Wildman–Crippen MR) is 180 cm³/mol. The number of anilines is 1. The molecule has 3 aromatic heterocycles. The Kier molecular flexibility index (Phi) is 9.67. The second-order valence-electron chi connectivity index (χ2n) is 13.9. The topological polar surface area (TPSA) is 107 Å². The Hall–Kier alpha value is -4.06. The lowest BCUT2D eigenvalue weighted by atomic mass is 10.1. The summed E-state index contributed by atoms with van der Waals surface area (Å²) in [6.45, 7) is 16.8. The van der Waals surface area contributed by atoms with Crippen molar-refractivity contribution in [3.63, 3.8) is 0 Å². The third kappa shape index (κ3) is 8.01. The van der Waals surface area contributed by atoms with Crippen LogP contribution >= 0.6 is 11.8 Å². The molecule has 1 aromatic carbocycles. The molecule has 12 heteroatoms. The molecule has 0 bridgehead atoms. The smallest absolute Gasteiger partial charge is 0.415 e. The molecule has 1 atom stereocenters. The summed E-state index contributed by atoms with van der Waals surface area (Å²) in [6.07, 6.45) is 6.42. The highest BCUT2D eigenvalue weighted by Crippen LogP contribution is 2.35. The Morgan fingerprint density at radius 3 is 2.48 bits per heavy atom. The monoisotopic (exact) mass is 647 g/mol. The highest BCUT2D eigenvalue weighted by Gasteiger charge is 2.31. The van der Waals surface area contributed by atoms with Crippen LogP contribution in [0.5, 0.6) is 0 Å². The number of hydrogen-bond acceptors (Lipinski definition) is 8. The first-order valence-corrected chi connectivity index (χ1v) is 16.7. The molecule has 0 spiro atoms. The standard InChI is InChI=1S/C34H45N7O4S/c1-23(2)28-20-35-30-27(19-29(37-41(28)30)46-25-14-11-17-38(22-25)31(42)44-33(3,4)5)39(32(43)45-34(6,7)8)21-24-13-9-10-15-26(24)40-18-12-16-36-40/h9-10,12-13,15-16,18-20,23,25H,11,14,17,21-22H2,1-8H3. The van der Waals surface area contributed by atoms with Crippen LogP contribution in [0.15, 0.2) is 60.0 Å². The third-order valence-electron chi connectivity index (χ3n) is 7.34. The van der Waals surface area contributed by atoms with Gasteiger partial charge in [-0.05, 0) is 84.1 Å². The van der Waals surface area contributed by atoms with E-state index in [4.69, 9.17) is 19.6 Å². The van der Waals surface area contributed by atoms with Crippen molar-refractivity contribution in [1.82, 2.24) is 29.3 Å². The first-order valence-electron chi connectivity index (χ1n) is 15.8. The number of ether oxygens (including phenoxy) is 2. The van der Waals surface area contributed by atoms with E-state index >= 15 is 0 Å². The summed E-state index contributed by atoms with van der Waals surface area (Å²) < 4.78 is 15.3. The number of piperidine rings is 1. The van der Waals surface area contributed by atoms with Crippen molar-refractivity contribution < 1.29 is 19.1 Å². The van der Waals surface area contributed by atoms with Crippen LogP contribution in [-0.4, -0.2) is 71.0 Å². The molecule has 0 aliphatic carbocycles. The maximum absolute atomic E-state index is 14.0. The van der Waals surface area contributed by atoms with Gasteiger partial charge in [-0.25, -0.2) is 23.8 Å². The normalized spacial score (nSPS) is 15.8. The van der Waals surface area contributed by atoms with Crippen molar-refractivity contribution in [3.05, 3.63) is 66.2 Å². The third-order valence-corrected chi connectivity index (χ3v) is 8.50. The van der Waals surface area contributed by atoms with Gasteiger partial charge < -0.3 is 14.4 Å². The van der Waals surface area contributed by atoms with E-state index < -0.39 is 17.3 Å². The van der Waals surface area contributed by atoms with Gasteiger partial charge in [-0.15, -0.1) is 0 Å². The van der Waals surface area contributed by atoms with Gasteiger partial charge in [0.2, 0.25) is 0 Å². The van der Waals surface area contributed by atoms with E-state index in [0.717, 1.165) is 34.8 Å². The van der Waals surface area contributed by atoms with E-state index in [1.807, 2.05) is 94.8 Å². The Balaban J connectivity index is 1.56. The molecule has 1 unspecified atom stereocenters. The zero-order valence-corrected chi connectivity index (χ0v) is 28.9. The molecule has 46 heavy (non-hydrogen) atoms. The lowest BCUT2D eigenvalue weighted by Gasteiger charge is -2.33. The van der Waals surface area contributed by atoms with Gasteiger partial charge in [0, 0.05) is 30.7 Å². The zero-order chi connectivity index (χ0) is 33.2. The number of carbonyl (C=O) groups is 2. The molecule has 0 saturated carbocycles. The number of imidazole rings is 1.